The Labute approximate surface area is 154 Å². The zero-order chi connectivity index (χ0) is 17.6. The van der Waals surface area contributed by atoms with Crippen molar-refractivity contribution in [2.24, 2.45) is 0 Å². The molecule has 0 unspecified atom stereocenters. The van der Waals surface area contributed by atoms with Gasteiger partial charge in [0.1, 0.15) is 12.1 Å². The zero-order valence-corrected chi connectivity index (χ0v) is 15.3. The van der Waals surface area contributed by atoms with Gasteiger partial charge >= 0.3 is 0 Å². The molecule has 2 aromatic carbocycles. The van der Waals surface area contributed by atoms with E-state index in [1.807, 2.05) is 36.4 Å². The van der Waals surface area contributed by atoms with Crippen LogP contribution in [0.3, 0.4) is 0 Å². The number of rotatable bonds is 3. The number of hydrogen-bond donors (Lipinski definition) is 2. The highest BCUT2D eigenvalue weighted by Gasteiger charge is 2.12. The van der Waals surface area contributed by atoms with Crippen molar-refractivity contribution in [3.05, 3.63) is 52.5 Å². The molecule has 0 aliphatic rings. The molecule has 0 fully saturated rings. The molecule has 4 aromatic rings. The minimum Gasteiger partial charge on any atom is -0.340 e. The summed E-state index contributed by atoms with van der Waals surface area (Å²) < 4.78 is 2.80. The molecule has 5 nitrogen and oxygen atoms in total. The summed E-state index contributed by atoms with van der Waals surface area (Å²) in [7, 11) is 0. The zero-order valence-electron chi connectivity index (χ0n) is 13.7. The van der Waals surface area contributed by atoms with Crippen LogP contribution in [0.25, 0.3) is 21.9 Å². The smallest absolute Gasteiger partial charge is 0.178 e. The quantitative estimate of drug-likeness (QED) is 0.460. The summed E-state index contributed by atoms with van der Waals surface area (Å²) in [4.78, 5) is 12.1. The van der Waals surface area contributed by atoms with Crippen molar-refractivity contribution < 1.29 is 0 Å². The van der Waals surface area contributed by atoms with Gasteiger partial charge in [-0.25, -0.2) is 9.97 Å². The Morgan fingerprint density at radius 2 is 1.92 bits per heavy atom. The number of imidazole rings is 1. The largest absolute Gasteiger partial charge is 0.340 e. The molecule has 7 heteroatoms. The van der Waals surface area contributed by atoms with E-state index in [4.69, 9.17) is 23.8 Å². The van der Waals surface area contributed by atoms with Crippen molar-refractivity contribution in [3.8, 4) is 0 Å². The highest BCUT2D eigenvalue weighted by Crippen LogP contribution is 2.29. The third-order valence-corrected chi connectivity index (χ3v) is 4.65. The molecular formula is C18H16ClN5S. The van der Waals surface area contributed by atoms with Crippen LogP contribution in [0.5, 0.6) is 0 Å². The lowest BCUT2D eigenvalue weighted by Crippen LogP contribution is -2.00. The van der Waals surface area contributed by atoms with Gasteiger partial charge in [-0.05, 0) is 62.5 Å². The number of aromatic amines is 1. The molecule has 4 rings (SSSR count). The number of nitrogens with one attached hydrogen (secondary N) is 2. The molecular weight excluding hydrogens is 354 g/mol. The number of benzene rings is 2. The van der Waals surface area contributed by atoms with Gasteiger partial charge in [-0.2, -0.15) is 0 Å². The van der Waals surface area contributed by atoms with Crippen molar-refractivity contribution >= 4 is 57.3 Å². The summed E-state index contributed by atoms with van der Waals surface area (Å²) in [5, 5.41) is 4.95. The Kier molecular flexibility index (Phi) is 3.94. The molecule has 25 heavy (non-hydrogen) atoms. The number of anilines is 2. The lowest BCUT2D eigenvalue weighted by Gasteiger charge is -2.10. The van der Waals surface area contributed by atoms with E-state index >= 15 is 0 Å². The van der Waals surface area contributed by atoms with Gasteiger partial charge in [0.15, 0.2) is 4.77 Å². The molecule has 0 aliphatic heterocycles. The minimum absolute atomic E-state index is 0.271. The van der Waals surface area contributed by atoms with Crippen LogP contribution in [-0.4, -0.2) is 19.5 Å². The second kappa shape index (κ2) is 6.13. The first-order valence-corrected chi connectivity index (χ1v) is 8.73. The van der Waals surface area contributed by atoms with E-state index in [0.29, 0.717) is 9.79 Å². The van der Waals surface area contributed by atoms with Crippen molar-refractivity contribution in [1.29, 1.82) is 0 Å². The third-order valence-electron chi connectivity index (χ3n) is 4.10. The maximum atomic E-state index is 5.95. The van der Waals surface area contributed by atoms with Crippen LogP contribution in [0.2, 0.25) is 5.02 Å². The van der Waals surface area contributed by atoms with Crippen LogP contribution in [0.1, 0.15) is 19.9 Å². The van der Waals surface area contributed by atoms with E-state index in [-0.39, 0.29) is 6.04 Å². The van der Waals surface area contributed by atoms with Gasteiger partial charge in [0.05, 0.1) is 16.6 Å². The van der Waals surface area contributed by atoms with Gasteiger partial charge < -0.3 is 14.9 Å². The summed E-state index contributed by atoms with van der Waals surface area (Å²) in [6.07, 6.45) is 1.56. The molecule has 0 spiro atoms. The first-order valence-electron chi connectivity index (χ1n) is 7.94. The number of hydrogen-bond acceptors (Lipinski definition) is 4. The SMILES string of the molecule is CC(C)n1c(=S)[nH]c2cc3c(Nc4ccc(Cl)cc4)ncnc3cc21. The fourth-order valence-corrected chi connectivity index (χ4v) is 3.50. The first-order chi connectivity index (χ1) is 12.0. The highest BCUT2D eigenvalue weighted by atomic mass is 35.5. The molecule has 0 saturated heterocycles. The lowest BCUT2D eigenvalue weighted by molar-refractivity contribution is 0.610. The fraction of sp³-hybridized carbons (Fsp3) is 0.167. The van der Waals surface area contributed by atoms with Crippen molar-refractivity contribution in [1.82, 2.24) is 19.5 Å². The first kappa shape index (κ1) is 16.1. The van der Waals surface area contributed by atoms with Gasteiger partial charge in [0, 0.05) is 22.1 Å². The maximum absolute atomic E-state index is 5.95. The van der Waals surface area contributed by atoms with E-state index < -0.39 is 0 Å². The second-order valence-corrected chi connectivity index (χ2v) is 6.96. The minimum atomic E-state index is 0.271. The molecule has 0 amide bonds. The van der Waals surface area contributed by atoms with Gasteiger partial charge in [0.25, 0.3) is 0 Å². The van der Waals surface area contributed by atoms with Crippen molar-refractivity contribution in [2.45, 2.75) is 19.9 Å². The molecule has 0 radical (unpaired) electrons. The number of nitrogens with zero attached hydrogens (tertiary/aromatic N) is 3. The van der Waals surface area contributed by atoms with Crippen LogP contribution < -0.4 is 5.32 Å². The van der Waals surface area contributed by atoms with Crippen LogP contribution in [0.4, 0.5) is 11.5 Å². The Bertz CT molecular complexity index is 1130. The average Bonchev–Trinajstić information content (AvgIpc) is 2.90. The Morgan fingerprint density at radius 1 is 1.16 bits per heavy atom. The monoisotopic (exact) mass is 369 g/mol. The fourth-order valence-electron chi connectivity index (χ4n) is 2.96. The predicted octanol–water partition coefficient (Wildman–Crippen LogP) is 5.62. The Morgan fingerprint density at radius 3 is 2.64 bits per heavy atom. The van der Waals surface area contributed by atoms with Crippen LogP contribution >= 0.6 is 23.8 Å². The molecule has 2 heterocycles. The molecule has 0 saturated carbocycles. The normalized spacial score (nSPS) is 11.5. The summed E-state index contributed by atoms with van der Waals surface area (Å²) in [5.41, 5.74) is 3.79. The molecule has 0 atom stereocenters. The van der Waals surface area contributed by atoms with E-state index in [0.717, 1.165) is 33.4 Å². The third kappa shape index (κ3) is 2.88. The van der Waals surface area contributed by atoms with Gasteiger partial charge in [-0.3, -0.25) is 0 Å². The van der Waals surface area contributed by atoms with E-state index in [1.165, 1.54) is 0 Å². The van der Waals surface area contributed by atoms with E-state index in [2.05, 4.69) is 38.7 Å². The number of fused-ring (bicyclic) bond motifs is 2. The highest BCUT2D eigenvalue weighted by molar-refractivity contribution is 7.71. The van der Waals surface area contributed by atoms with Crippen molar-refractivity contribution in [3.63, 3.8) is 0 Å². The van der Waals surface area contributed by atoms with Crippen LogP contribution in [0, 0.1) is 4.77 Å². The topological polar surface area (TPSA) is 58.5 Å². The van der Waals surface area contributed by atoms with E-state index in [9.17, 15) is 0 Å². The summed E-state index contributed by atoms with van der Waals surface area (Å²) in [6, 6.07) is 11.9. The number of H-pyrrole nitrogens is 1. The van der Waals surface area contributed by atoms with Crippen LogP contribution in [-0.2, 0) is 0 Å². The Balaban J connectivity index is 1.89. The molecule has 2 N–H and O–H groups in total. The standard InChI is InChI=1S/C18H16ClN5S/c1-10(2)24-16-8-14-13(7-15(16)23-18(24)25)17(21-9-20-14)22-12-5-3-11(19)4-6-12/h3-10H,1-2H3,(H,23,25)(H,20,21,22). The molecule has 0 aliphatic carbocycles. The second-order valence-electron chi connectivity index (χ2n) is 6.13. The molecule has 126 valence electrons. The van der Waals surface area contributed by atoms with Gasteiger partial charge in [-0.15, -0.1) is 0 Å². The number of halogens is 1. The molecule has 0 bridgehead atoms. The lowest BCUT2D eigenvalue weighted by atomic mass is 10.2. The summed E-state index contributed by atoms with van der Waals surface area (Å²) in [5.74, 6) is 0.742. The van der Waals surface area contributed by atoms with Gasteiger partial charge in [-0.1, -0.05) is 11.6 Å². The summed E-state index contributed by atoms with van der Waals surface area (Å²) >= 11 is 11.4. The molecule has 2 aromatic heterocycles. The van der Waals surface area contributed by atoms with Crippen molar-refractivity contribution in [2.75, 3.05) is 5.32 Å². The summed E-state index contributed by atoms with van der Waals surface area (Å²) in [6.45, 7) is 4.22. The van der Waals surface area contributed by atoms with Crippen LogP contribution in [0.15, 0.2) is 42.7 Å². The predicted molar refractivity (Wildman–Crippen MR) is 105 cm³/mol. The van der Waals surface area contributed by atoms with Gasteiger partial charge in [0.2, 0.25) is 0 Å². The Hall–Kier alpha value is -2.44. The average molecular weight is 370 g/mol. The maximum Gasteiger partial charge on any atom is 0.178 e. The number of aromatic nitrogens is 4. The van der Waals surface area contributed by atoms with E-state index in [1.54, 1.807) is 6.33 Å².